The Kier molecular flexibility index (Phi) is 6.81. The zero-order valence-corrected chi connectivity index (χ0v) is 17.1. The molecule has 3 nitrogen and oxygen atoms in total. The van der Waals surface area contributed by atoms with Gasteiger partial charge in [0, 0.05) is 16.7 Å². The first kappa shape index (κ1) is 20.8. The van der Waals surface area contributed by atoms with Gasteiger partial charge < -0.3 is 16.6 Å². The van der Waals surface area contributed by atoms with Gasteiger partial charge in [-0.1, -0.05) is 66.9 Å². The van der Waals surface area contributed by atoms with Crippen LogP contribution in [0.4, 0.5) is 11.4 Å². The first-order valence-corrected chi connectivity index (χ1v) is 10.1. The molecular weight excluding hydrogens is 376 g/mol. The molecule has 29 heavy (non-hydrogen) atoms. The second-order valence-electron chi connectivity index (χ2n) is 6.98. The molecule has 0 fully saturated rings. The Morgan fingerprint density at radius 2 is 1.55 bits per heavy atom. The Morgan fingerprint density at radius 3 is 2.00 bits per heavy atom. The molecule has 0 bridgehead atoms. The van der Waals surface area contributed by atoms with Gasteiger partial charge in [0.1, 0.15) is 0 Å². The maximum Gasteiger partial charge on any atom is 0.0698 e. The zero-order chi connectivity index (χ0) is 20.7. The Hall–Kier alpha value is -2.95. The van der Waals surface area contributed by atoms with Gasteiger partial charge in [-0.15, -0.1) is 0 Å². The second-order valence-corrected chi connectivity index (χ2v) is 7.25. The van der Waals surface area contributed by atoms with Crippen molar-refractivity contribution < 1.29 is 5.11 Å². The molecule has 1 aliphatic rings. The van der Waals surface area contributed by atoms with Crippen molar-refractivity contribution in [3.05, 3.63) is 107 Å². The van der Waals surface area contributed by atoms with Crippen molar-refractivity contribution in [2.75, 3.05) is 18.1 Å². The Bertz CT molecular complexity index is 921. The van der Waals surface area contributed by atoms with E-state index in [1.54, 1.807) is 11.4 Å². The predicted molar refractivity (Wildman–Crippen MR) is 127 cm³/mol. The molecule has 2 aromatic rings. The first-order valence-electron chi connectivity index (χ1n) is 9.65. The molecule has 0 amide bonds. The van der Waals surface area contributed by atoms with E-state index in [4.69, 9.17) is 23.7 Å². The smallest absolute Gasteiger partial charge is 0.0698 e. The molecule has 0 aliphatic heterocycles. The fourth-order valence-electron chi connectivity index (χ4n) is 3.92. The van der Waals surface area contributed by atoms with Crippen LogP contribution in [0.2, 0.25) is 0 Å². The normalized spacial score (nSPS) is 14.8. The lowest BCUT2D eigenvalue weighted by Gasteiger charge is -2.39. The minimum atomic E-state index is -0.612. The minimum absolute atomic E-state index is 0.0524. The van der Waals surface area contributed by atoms with E-state index in [-0.39, 0.29) is 6.61 Å². The molecule has 2 aromatic carbocycles. The van der Waals surface area contributed by atoms with Crippen LogP contribution in [0.3, 0.4) is 0 Å². The molecule has 0 heterocycles. The Balaban J connectivity index is 2.42. The van der Waals surface area contributed by atoms with Crippen LogP contribution in [0.25, 0.3) is 0 Å². The molecule has 0 saturated heterocycles. The maximum atomic E-state index is 9.46. The van der Waals surface area contributed by atoms with Crippen LogP contribution in [-0.4, -0.2) is 17.1 Å². The third kappa shape index (κ3) is 4.24. The summed E-state index contributed by atoms with van der Waals surface area (Å²) in [5, 5.41) is 11.1. The average Bonchev–Trinajstić information content (AvgIpc) is 2.75. The molecule has 0 unspecified atom stereocenters. The van der Waals surface area contributed by atoms with Crippen molar-refractivity contribution in [2.45, 2.75) is 18.3 Å². The first-order chi connectivity index (χ1) is 14.1. The minimum Gasteiger partial charge on any atom is -0.399 e. The predicted octanol–water partition coefficient (Wildman–Crippen LogP) is 4.89. The number of aliphatic hydroxyl groups is 1. The summed E-state index contributed by atoms with van der Waals surface area (Å²) in [5.74, 6) is 0. The van der Waals surface area contributed by atoms with Crippen LogP contribution >= 0.6 is 12.2 Å². The van der Waals surface area contributed by atoms with E-state index in [0.717, 1.165) is 35.1 Å². The summed E-state index contributed by atoms with van der Waals surface area (Å²) in [6.07, 6.45) is 14.2. The van der Waals surface area contributed by atoms with Crippen molar-refractivity contribution in [1.82, 2.24) is 0 Å². The van der Waals surface area contributed by atoms with Crippen LogP contribution < -0.4 is 11.5 Å². The summed E-state index contributed by atoms with van der Waals surface area (Å²) in [5.41, 5.74) is 17.1. The van der Waals surface area contributed by atoms with E-state index in [1.165, 1.54) is 0 Å². The monoisotopic (exact) mass is 402 g/mol. The number of benzene rings is 2. The van der Waals surface area contributed by atoms with E-state index in [1.807, 2.05) is 36.4 Å². The van der Waals surface area contributed by atoms with Gasteiger partial charge in [0.2, 0.25) is 0 Å². The molecule has 0 spiro atoms. The number of nitrogens with two attached hydrogens (primary N) is 2. The van der Waals surface area contributed by atoms with Crippen molar-refractivity contribution in [2.24, 2.45) is 0 Å². The molecule has 5 N–H and O–H groups in total. The van der Waals surface area contributed by atoms with E-state index in [9.17, 15) is 5.11 Å². The molecule has 4 heteroatoms. The van der Waals surface area contributed by atoms with Gasteiger partial charge in [-0.2, -0.15) is 0 Å². The van der Waals surface area contributed by atoms with Gasteiger partial charge in [0.05, 0.1) is 12.0 Å². The standard InChI is InChI=1S/C25H26N2OS/c26-23-12-8-21(9-13-23)25(19-5-2-1-3-6-19,20(16-18-29)7-4-17-28)22-10-14-24(27)15-11-22/h2,4-16,18,28H,1,3,17,26-27H2/b7-4-,20-16+. The summed E-state index contributed by atoms with van der Waals surface area (Å²) >= 11 is 5.22. The van der Waals surface area contributed by atoms with E-state index in [0.29, 0.717) is 11.4 Å². The van der Waals surface area contributed by atoms with Crippen molar-refractivity contribution in [1.29, 1.82) is 0 Å². The Morgan fingerprint density at radius 1 is 0.966 bits per heavy atom. The highest BCUT2D eigenvalue weighted by Crippen LogP contribution is 2.47. The highest BCUT2D eigenvalue weighted by atomic mass is 32.1. The number of rotatable bonds is 7. The fourth-order valence-corrected chi connectivity index (χ4v) is 4.06. The van der Waals surface area contributed by atoms with Crippen LogP contribution in [0.1, 0.15) is 24.0 Å². The van der Waals surface area contributed by atoms with Gasteiger partial charge in [-0.05, 0) is 65.5 Å². The number of anilines is 2. The Labute approximate surface area is 177 Å². The van der Waals surface area contributed by atoms with E-state index < -0.39 is 5.41 Å². The lowest BCUT2D eigenvalue weighted by Crippen LogP contribution is -2.32. The zero-order valence-electron chi connectivity index (χ0n) is 16.3. The molecule has 0 atom stereocenters. The summed E-state index contributed by atoms with van der Waals surface area (Å²) in [4.78, 5) is 0. The molecule has 148 valence electrons. The highest BCUT2D eigenvalue weighted by molar-refractivity contribution is 7.79. The lowest BCUT2D eigenvalue weighted by atomic mass is 9.63. The summed E-state index contributed by atoms with van der Waals surface area (Å²) < 4.78 is 0. The number of allylic oxidation sites excluding steroid dienone is 7. The van der Waals surface area contributed by atoms with Gasteiger partial charge >= 0.3 is 0 Å². The molecule has 0 aromatic heterocycles. The lowest BCUT2D eigenvalue weighted by molar-refractivity contribution is 0.342. The number of thiocarbonyl (C=S) groups is 1. The number of aliphatic hydroxyl groups excluding tert-OH is 1. The maximum absolute atomic E-state index is 9.46. The van der Waals surface area contributed by atoms with Crippen LogP contribution in [-0.2, 0) is 5.41 Å². The quantitative estimate of drug-likeness (QED) is 0.267. The number of hydrogen-bond acceptors (Lipinski definition) is 4. The second kappa shape index (κ2) is 9.50. The van der Waals surface area contributed by atoms with Crippen LogP contribution in [0, 0.1) is 0 Å². The van der Waals surface area contributed by atoms with Crippen molar-refractivity contribution >= 4 is 29.0 Å². The van der Waals surface area contributed by atoms with Crippen molar-refractivity contribution in [3.8, 4) is 0 Å². The molecule has 0 saturated carbocycles. The summed E-state index contributed by atoms with van der Waals surface area (Å²) in [7, 11) is 0. The molecule has 0 radical (unpaired) electrons. The molecule has 1 aliphatic carbocycles. The number of hydrogen-bond donors (Lipinski definition) is 3. The van der Waals surface area contributed by atoms with E-state index >= 15 is 0 Å². The van der Waals surface area contributed by atoms with Crippen LogP contribution in [0.5, 0.6) is 0 Å². The van der Waals surface area contributed by atoms with Gasteiger partial charge in [-0.3, -0.25) is 0 Å². The van der Waals surface area contributed by atoms with Gasteiger partial charge in [-0.25, -0.2) is 0 Å². The summed E-state index contributed by atoms with van der Waals surface area (Å²) in [6, 6.07) is 15.9. The number of nitrogen functional groups attached to an aromatic ring is 2. The largest absolute Gasteiger partial charge is 0.399 e. The third-order valence-electron chi connectivity index (χ3n) is 5.20. The van der Waals surface area contributed by atoms with Crippen molar-refractivity contribution in [3.63, 3.8) is 0 Å². The van der Waals surface area contributed by atoms with E-state index in [2.05, 4.69) is 42.5 Å². The SMILES string of the molecule is Nc1ccc(C(C2=CCCC=C2)(C(/C=C\CO)=C/C=S)c2ccc(N)cc2)cc1. The van der Waals surface area contributed by atoms with Gasteiger partial charge in [0.15, 0.2) is 0 Å². The topological polar surface area (TPSA) is 72.3 Å². The van der Waals surface area contributed by atoms with Crippen LogP contribution in [0.15, 0.2) is 96.1 Å². The third-order valence-corrected chi connectivity index (χ3v) is 5.33. The molecule has 3 rings (SSSR count). The van der Waals surface area contributed by atoms with Gasteiger partial charge in [0.25, 0.3) is 0 Å². The molecular formula is C25H26N2OS. The average molecular weight is 403 g/mol. The summed E-state index contributed by atoms with van der Waals surface area (Å²) in [6.45, 7) is -0.0524. The highest BCUT2D eigenvalue weighted by Gasteiger charge is 2.40. The fraction of sp³-hybridized carbons (Fsp3) is 0.160.